The monoisotopic (exact) mass is 281 g/mol. The summed E-state index contributed by atoms with van der Waals surface area (Å²) in [6.07, 6.45) is -4.48. The number of halogens is 5. The maximum absolute atomic E-state index is 13.0. The first kappa shape index (κ1) is 15.9. The average molecular weight is 281 g/mol. The van der Waals surface area contributed by atoms with Crippen LogP contribution in [0.25, 0.3) is 0 Å². The average Bonchev–Trinajstić information content (AvgIpc) is 2.30. The van der Waals surface area contributed by atoms with Gasteiger partial charge in [0.05, 0.1) is 0 Å². The number of hydrogen-bond donors (Lipinski definition) is 1. The molecule has 1 atom stereocenters. The Balaban J connectivity index is 2.31. The zero-order valence-electron chi connectivity index (χ0n) is 10.5. The van der Waals surface area contributed by atoms with E-state index in [0.29, 0.717) is 18.5 Å². The molecule has 1 rings (SSSR count). The maximum Gasteiger partial charge on any atom is 0.389 e. The first-order valence-corrected chi connectivity index (χ1v) is 6.04. The molecule has 1 aromatic rings. The van der Waals surface area contributed by atoms with Gasteiger partial charge in [0.1, 0.15) is 0 Å². The van der Waals surface area contributed by atoms with Crippen LogP contribution in [-0.4, -0.2) is 12.7 Å². The first-order valence-electron chi connectivity index (χ1n) is 6.04. The van der Waals surface area contributed by atoms with Crippen LogP contribution < -0.4 is 5.32 Å². The van der Waals surface area contributed by atoms with Crippen molar-refractivity contribution in [1.82, 2.24) is 5.32 Å². The Morgan fingerprint density at radius 1 is 1.11 bits per heavy atom. The van der Waals surface area contributed by atoms with Crippen molar-refractivity contribution in [2.24, 2.45) is 0 Å². The van der Waals surface area contributed by atoms with Gasteiger partial charge in [-0.3, -0.25) is 0 Å². The van der Waals surface area contributed by atoms with E-state index in [4.69, 9.17) is 0 Å². The standard InChI is InChI=1S/C13H16F5N/c1-9(10-4-5-11(14)12(15)8-10)19-7-3-2-6-13(16,17)18/h4-5,8-9,19H,2-3,6-7H2,1H3. The molecule has 6 heteroatoms. The van der Waals surface area contributed by atoms with Gasteiger partial charge in [-0.2, -0.15) is 13.2 Å². The number of alkyl halides is 3. The molecule has 19 heavy (non-hydrogen) atoms. The summed E-state index contributed by atoms with van der Waals surface area (Å²) >= 11 is 0. The molecule has 0 spiro atoms. The fraction of sp³-hybridized carbons (Fsp3) is 0.538. The summed E-state index contributed by atoms with van der Waals surface area (Å²) in [6.45, 7) is 2.15. The molecule has 0 saturated heterocycles. The van der Waals surface area contributed by atoms with E-state index in [1.807, 2.05) is 0 Å². The van der Waals surface area contributed by atoms with Gasteiger partial charge in [0, 0.05) is 12.5 Å². The molecule has 0 fully saturated rings. The van der Waals surface area contributed by atoms with Gasteiger partial charge in [-0.05, 0) is 44.0 Å². The van der Waals surface area contributed by atoms with Crippen LogP contribution >= 0.6 is 0 Å². The molecule has 0 aromatic heterocycles. The molecule has 0 aliphatic rings. The van der Waals surface area contributed by atoms with Crippen molar-refractivity contribution in [3.05, 3.63) is 35.4 Å². The van der Waals surface area contributed by atoms with E-state index in [1.165, 1.54) is 6.07 Å². The fourth-order valence-corrected chi connectivity index (χ4v) is 1.67. The van der Waals surface area contributed by atoms with Crippen molar-refractivity contribution in [2.75, 3.05) is 6.54 Å². The third kappa shape index (κ3) is 6.00. The normalized spacial score (nSPS) is 13.6. The van der Waals surface area contributed by atoms with Crippen LogP contribution in [0.15, 0.2) is 18.2 Å². The third-order valence-electron chi connectivity index (χ3n) is 2.78. The van der Waals surface area contributed by atoms with Gasteiger partial charge in [0.2, 0.25) is 0 Å². The van der Waals surface area contributed by atoms with Crippen LogP contribution in [0.1, 0.15) is 37.8 Å². The van der Waals surface area contributed by atoms with E-state index >= 15 is 0 Å². The van der Waals surface area contributed by atoms with Crippen LogP contribution in [0.5, 0.6) is 0 Å². The summed E-state index contributed by atoms with van der Waals surface area (Å²) in [6, 6.07) is 3.34. The van der Waals surface area contributed by atoms with Crippen LogP contribution in [0, 0.1) is 11.6 Å². The molecule has 0 amide bonds. The quantitative estimate of drug-likeness (QED) is 0.604. The van der Waals surface area contributed by atoms with Crippen molar-refractivity contribution in [3.8, 4) is 0 Å². The highest BCUT2D eigenvalue weighted by Gasteiger charge is 2.25. The number of benzene rings is 1. The summed E-state index contributed by atoms with van der Waals surface area (Å²) in [5, 5.41) is 2.98. The van der Waals surface area contributed by atoms with Crippen LogP contribution in [-0.2, 0) is 0 Å². The second kappa shape index (κ2) is 6.84. The van der Waals surface area contributed by atoms with Gasteiger partial charge in [0.25, 0.3) is 0 Å². The number of unbranched alkanes of at least 4 members (excludes halogenated alkanes) is 1. The highest BCUT2D eigenvalue weighted by atomic mass is 19.4. The van der Waals surface area contributed by atoms with Crippen molar-refractivity contribution >= 4 is 0 Å². The predicted octanol–water partition coefficient (Wildman–Crippen LogP) is 4.35. The van der Waals surface area contributed by atoms with Gasteiger partial charge in [0.15, 0.2) is 11.6 Å². The largest absolute Gasteiger partial charge is 0.389 e. The number of nitrogens with one attached hydrogen (secondary N) is 1. The van der Waals surface area contributed by atoms with E-state index in [-0.39, 0.29) is 12.5 Å². The van der Waals surface area contributed by atoms with Crippen LogP contribution in [0.4, 0.5) is 22.0 Å². The summed E-state index contributed by atoms with van der Waals surface area (Å²) in [5.41, 5.74) is 0.565. The molecule has 0 aliphatic carbocycles. The highest BCUT2D eigenvalue weighted by Crippen LogP contribution is 2.22. The van der Waals surface area contributed by atoms with E-state index in [9.17, 15) is 22.0 Å². The zero-order valence-corrected chi connectivity index (χ0v) is 10.5. The lowest BCUT2D eigenvalue weighted by Crippen LogP contribution is -2.20. The fourth-order valence-electron chi connectivity index (χ4n) is 1.67. The lowest BCUT2D eigenvalue weighted by Gasteiger charge is -2.14. The van der Waals surface area contributed by atoms with Gasteiger partial charge < -0.3 is 5.32 Å². The predicted molar refractivity (Wildman–Crippen MR) is 62.7 cm³/mol. The molecular weight excluding hydrogens is 265 g/mol. The zero-order chi connectivity index (χ0) is 14.5. The molecule has 0 heterocycles. The molecular formula is C13H16F5N. The third-order valence-corrected chi connectivity index (χ3v) is 2.78. The van der Waals surface area contributed by atoms with Crippen LogP contribution in [0.2, 0.25) is 0 Å². The Kier molecular flexibility index (Phi) is 5.72. The molecule has 1 unspecified atom stereocenters. The molecule has 0 saturated carbocycles. The second-order valence-corrected chi connectivity index (χ2v) is 4.42. The Morgan fingerprint density at radius 3 is 2.37 bits per heavy atom. The van der Waals surface area contributed by atoms with Crippen molar-refractivity contribution in [2.45, 2.75) is 38.4 Å². The van der Waals surface area contributed by atoms with E-state index in [0.717, 1.165) is 12.1 Å². The molecule has 1 aromatic carbocycles. The van der Waals surface area contributed by atoms with Gasteiger partial charge >= 0.3 is 6.18 Å². The minimum atomic E-state index is -4.12. The molecule has 1 N–H and O–H groups in total. The van der Waals surface area contributed by atoms with Crippen molar-refractivity contribution in [3.63, 3.8) is 0 Å². The molecule has 1 nitrogen and oxygen atoms in total. The van der Waals surface area contributed by atoms with Gasteiger partial charge in [-0.25, -0.2) is 8.78 Å². The summed E-state index contributed by atoms with van der Waals surface area (Å²) in [7, 11) is 0. The smallest absolute Gasteiger partial charge is 0.310 e. The van der Waals surface area contributed by atoms with Crippen molar-refractivity contribution in [1.29, 1.82) is 0 Å². The Hall–Kier alpha value is -1.17. The molecule has 0 radical (unpaired) electrons. The minimum absolute atomic E-state index is 0.0565. The molecule has 0 bridgehead atoms. The van der Waals surface area contributed by atoms with E-state index in [1.54, 1.807) is 6.92 Å². The van der Waals surface area contributed by atoms with E-state index in [2.05, 4.69) is 5.32 Å². The lowest BCUT2D eigenvalue weighted by molar-refractivity contribution is -0.135. The summed E-state index contributed by atoms with van der Waals surface area (Å²) < 4.78 is 61.4. The first-order chi connectivity index (χ1) is 8.79. The minimum Gasteiger partial charge on any atom is -0.310 e. The molecule has 0 aliphatic heterocycles. The maximum atomic E-state index is 13.0. The number of hydrogen-bond acceptors (Lipinski definition) is 1. The SMILES string of the molecule is CC(NCCCCC(F)(F)F)c1ccc(F)c(F)c1. The molecule has 108 valence electrons. The Morgan fingerprint density at radius 2 is 1.79 bits per heavy atom. The number of rotatable bonds is 6. The van der Waals surface area contributed by atoms with E-state index < -0.39 is 24.2 Å². The highest BCUT2D eigenvalue weighted by molar-refractivity contribution is 5.20. The van der Waals surface area contributed by atoms with Gasteiger partial charge in [-0.15, -0.1) is 0 Å². The van der Waals surface area contributed by atoms with Crippen LogP contribution in [0.3, 0.4) is 0 Å². The lowest BCUT2D eigenvalue weighted by atomic mass is 10.1. The van der Waals surface area contributed by atoms with Crippen molar-refractivity contribution < 1.29 is 22.0 Å². The van der Waals surface area contributed by atoms with Gasteiger partial charge in [-0.1, -0.05) is 6.07 Å². The Labute approximate surface area is 108 Å². The topological polar surface area (TPSA) is 12.0 Å². The summed E-state index contributed by atoms with van der Waals surface area (Å²) in [4.78, 5) is 0. The summed E-state index contributed by atoms with van der Waals surface area (Å²) in [5.74, 6) is -1.84. The second-order valence-electron chi connectivity index (χ2n) is 4.42. The Bertz CT molecular complexity index is 403.